The zero-order valence-corrected chi connectivity index (χ0v) is 24.2. The maximum Gasteiger partial charge on any atom is 0.306 e. The minimum Gasteiger partial charge on any atom is -0.455 e. The Balaban J connectivity index is 1.48. The van der Waals surface area contributed by atoms with Crippen molar-refractivity contribution in [3.05, 3.63) is 23.3 Å². The highest BCUT2D eigenvalue weighted by Gasteiger charge is 2.76. The number of carbonyl (C=O) groups is 2. The second-order valence-corrected chi connectivity index (χ2v) is 13.3. The van der Waals surface area contributed by atoms with Gasteiger partial charge >= 0.3 is 5.97 Å². The van der Waals surface area contributed by atoms with Crippen molar-refractivity contribution in [3.63, 3.8) is 0 Å². The van der Waals surface area contributed by atoms with Gasteiger partial charge in [-0.1, -0.05) is 91.2 Å². The number of hydrogen-bond donors (Lipinski definition) is 3. The summed E-state index contributed by atoms with van der Waals surface area (Å²) in [6.07, 6.45) is 12.1. The molecule has 0 amide bonds. The molecule has 0 saturated heterocycles. The van der Waals surface area contributed by atoms with E-state index in [9.17, 15) is 24.9 Å². The number of rotatable bonds is 12. The van der Waals surface area contributed by atoms with Gasteiger partial charge in [-0.15, -0.1) is 0 Å². The molecule has 1 spiro atoms. The van der Waals surface area contributed by atoms with Gasteiger partial charge in [-0.3, -0.25) is 9.59 Å². The molecule has 0 aromatic heterocycles. The standard InChI is InChI=1S/C32H50O6/c1-6-7-8-9-10-11-12-13-14-15-25(34)38-29-20(2)18-31-21(3)16-24-26(30(24,4)5)23(28(31)36)17-22(19-33)27(35)32(29,31)37/h17-18,21,23-24,26-27,29,33,35,37H,6-16,19H2,1-5H3/t21-,23-,24-,26+,27-,29+,31+,32+/m1/s1. The van der Waals surface area contributed by atoms with Crippen molar-refractivity contribution in [2.45, 2.75) is 123 Å². The van der Waals surface area contributed by atoms with Gasteiger partial charge in [-0.05, 0) is 54.1 Å². The zero-order valence-electron chi connectivity index (χ0n) is 24.2. The predicted octanol–water partition coefficient (Wildman–Crippen LogP) is 5.29. The van der Waals surface area contributed by atoms with Crippen LogP contribution in [-0.2, 0) is 14.3 Å². The lowest BCUT2D eigenvalue weighted by Gasteiger charge is -2.48. The normalized spacial score (nSPS) is 38.9. The molecule has 2 bridgehead atoms. The minimum absolute atomic E-state index is 0.0145. The van der Waals surface area contributed by atoms with Crippen LogP contribution < -0.4 is 0 Å². The predicted molar refractivity (Wildman–Crippen MR) is 147 cm³/mol. The van der Waals surface area contributed by atoms with Crippen LogP contribution in [0.15, 0.2) is 23.3 Å². The van der Waals surface area contributed by atoms with Gasteiger partial charge in [-0.25, -0.2) is 0 Å². The molecule has 2 fully saturated rings. The highest BCUT2D eigenvalue weighted by atomic mass is 16.6. The van der Waals surface area contributed by atoms with Crippen molar-refractivity contribution in [2.75, 3.05) is 6.61 Å². The molecule has 8 atom stereocenters. The molecule has 4 aliphatic rings. The summed E-state index contributed by atoms with van der Waals surface area (Å²) in [5.74, 6) is -0.859. The Labute approximate surface area is 228 Å². The average molecular weight is 531 g/mol. The lowest BCUT2D eigenvalue weighted by Crippen LogP contribution is -2.65. The molecule has 4 rings (SSSR count). The fourth-order valence-electron chi connectivity index (χ4n) is 8.36. The molecule has 0 aromatic rings. The summed E-state index contributed by atoms with van der Waals surface area (Å²) in [6.45, 7) is 9.85. The van der Waals surface area contributed by atoms with Gasteiger partial charge in [0.25, 0.3) is 0 Å². The Bertz CT molecular complexity index is 965. The van der Waals surface area contributed by atoms with Gasteiger partial charge < -0.3 is 20.1 Å². The van der Waals surface area contributed by atoms with Gasteiger partial charge in [0, 0.05) is 12.3 Å². The molecule has 3 N–H and O–H groups in total. The fourth-order valence-corrected chi connectivity index (χ4v) is 8.36. The van der Waals surface area contributed by atoms with Crippen LogP contribution in [0.5, 0.6) is 0 Å². The van der Waals surface area contributed by atoms with Crippen LogP contribution in [0.25, 0.3) is 0 Å². The first-order chi connectivity index (χ1) is 18.0. The summed E-state index contributed by atoms with van der Waals surface area (Å²) in [4.78, 5) is 27.3. The van der Waals surface area contributed by atoms with E-state index in [-0.39, 0.29) is 35.0 Å². The van der Waals surface area contributed by atoms with Gasteiger partial charge in [0.15, 0.2) is 17.5 Å². The number of ether oxygens (including phenoxy) is 1. The molecule has 0 unspecified atom stereocenters. The smallest absolute Gasteiger partial charge is 0.306 e. The van der Waals surface area contributed by atoms with Crippen LogP contribution in [0.3, 0.4) is 0 Å². The van der Waals surface area contributed by atoms with E-state index in [4.69, 9.17) is 4.74 Å². The highest BCUT2D eigenvalue weighted by molar-refractivity contribution is 5.95. The number of hydrogen-bond acceptors (Lipinski definition) is 6. The number of esters is 1. The first-order valence-corrected chi connectivity index (χ1v) is 15.1. The Morgan fingerprint density at radius 1 is 1.08 bits per heavy atom. The Morgan fingerprint density at radius 2 is 1.68 bits per heavy atom. The molecule has 4 aliphatic carbocycles. The van der Waals surface area contributed by atoms with E-state index in [0.29, 0.717) is 17.9 Å². The molecular weight excluding hydrogens is 480 g/mol. The number of aliphatic hydroxyl groups excluding tert-OH is 2. The number of fused-ring (bicyclic) bond motifs is 3. The first kappa shape index (κ1) is 29.5. The summed E-state index contributed by atoms with van der Waals surface area (Å²) in [6, 6.07) is 0. The van der Waals surface area contributed by atoms with Crippen LogP contribution in [0.1, 0.15) is 105 Å². The number of carbonyl (C=O) groups excluding carboxylic acids is 2. The van der Waals surface area contributed by atoms with E-state index in [1.54, 1.807) is 19.1 Å². The molecular formula is C32H50O6. The van der Waals surface area contributed by atoms with Crippen LogP contribution in [0, 0.1) is 34.5 Å². The van der Waals surface area contributed by atoms with Crippen LogP contribution >= 0.6 is 0 Å². The lowest BCUT2D eigenvalue weighted by atomic mass is 9.59. The Hall–Kier alpha value is -1.50. The molecule has 0 heterocycles. The number of unbranched alkanes of at least 4 members (excludes halogenated alkanes) is 8. The third-order valence-electron chi connectivity index (χ3n) is 10.6. The molecule has 6 heteroatoms. The van der Waals surface area contributed by atoms with Gasteiger partial charge in [0.2, 0.25) is 0 Å². The first-order valence-electron chi connectivity index (χ1n) is 15.1. The van der Waals surface area contributed by atoms with Crippen molar-refractivity contribution < 1.29 is 29.6 Å². The zero-order chi connectivity index (χ0) is 27.9. The lowest BCUT2D eigenvalue weighted by molar-refractivity contribution is -0.203. The largest absolute Gasteiger partial charge is 0.455 e. The van der Waals surface area contributed by atoms with E-state index >= 15 is 0 Å². The quantitative estimate of drug-likeness (QED) is 0.180. The van der Waals surface area contributed by atoms with Gasteiger partial charge in [0.1, 0.15) is 6.10 Å². The molecule has 0 radical (unpaired) electrons. The van der Waals surface area contributed by atoms with E-state index in [0.717, 1.165) is 19.3 Å². The number of allylic oxidation sites excluding steroid dienone is 1. The summed E-state index contributed by atoms with van der Waals surface area (Å²) < 4.78 is 5.91. The maximum atomic E-state index is 14.3. The topological polar surface area (TPSA) is 104 Å². The number of ketones is 1. The Kier molecular flexibility index (Phi) is 8.67. The summed E-state index contributed by atoms with van der Waals surface area (Å²) >= 11 is 0. The SMILES string of the molecule is CCCCCCCCCCCC(=O)O[C@H]1C(C)=C[C@]23C(=O)[C@H](C=C(CO)[C@@H](O)[C@]12O)[C@H]1[C@@H](C[C@H]3C)C1(C)C. The van der Waals surface area contributed by atoms with Gasteiger partial charge in [0.05, 0.1) is 12.0 Å². The maximum absolute atomic E-state index is 14.3. The Morgan fingerprint density at radius 3 is 2.29 bits per heavy atom. The van der Waals surface area contributed by atoms with Gasteiger partial charge in [-0.2, -0.15) is 0 Å². The molecule has 38 heavy (non-hydrogen) atoms. The van der Waals surface area contributed by atoms with E-state index in [2.05, 4.69) is 20.8 Å². The number of Topliss-reactive ketones (excluding diaryl/α,β-unsaturated/α-hetero) is 1. The van der Waals surface area contributed by atoms with E-state index in [1.165, 1.54) is 38.5 Å². The molecule has 214 valence electrons. The van der Waals surface area contributed by atoms with E-state index in [1.807, 2.05) is 6.92 Å². The molecule has 0 aromatic carbocycles. The number of aliphatic hydroxyl groups is 3. The van der Waals surface area contributed by atoms with Crippen molar-refractivity contribution in [2.24, 2.45) is 34.5 Å². The second-order valence-electron chi connectivity index (χ2n) is 13.3. The van der Waals surface area contributed by atoms with Crippen molar-refractivity contribution >= 4 is 11.8 Å². The average Bonchev–Trinajstić information content (AvgIpc) is 3.36. The van der Waals surface area contributed by atoms with Crippen LogP contribution in [-0.4, -0.2) is 51.5 Å². The van der Waals surface area contributed by atoms with E-state index < -0.39 is 41.7 Å². The van der Waals surface area contributed by atoms with Crippen LogP contribution in [0.2, 0.25) is 0 Å². The molecule has 6 nitrogen and oxygen atoms in total. The van der Waals surface area contributed by atoms with Crippen molar-refractivity contribution in [3.8, 4) is 0 Å². The van der Waals surface area contributed by atoms with Crippen molar-refractivity contribution in [1.29, 1.82) is 0 Å². The summed E-state index contributed by atoms with van der Waals surface area (Å²) in [7, 11) is 0. The third-order valence-corrected chi connectivity index (χ3v) is 10.6. The summed E-state index contributed by atoms with van der Waals surface area (Å²) in [5, 5.41) is 34.2. The minimum atomic E-state index is -2.05. The second kappa shape index (κ2) is 11.2. The third kappa shape index (κ3) is 4.62. The summed E-state index contributed by atoms with van der Waals surface area (Å²) in [5.41, 5.74) is -2.60. The molecule has 2 saturated carbocycles. The van der Waals surface area contributed by atoms with Crippen LogP contribution in [0.4, 0.5) is 0 Å². The fraction of sp³-hybridized carbons (Fsp3) is 0.812. The molecule has 0 aliphatic heterocycles. The van der Waals surface area contributed by atoms with Crippen molar-refractivity contribution in [1.82, 2.24) is 0 Å². The monoisotopic (exact) mass is 530 g/mol. The highest BCUT2D eigenvalue weighted by Crippen LogP contribution is 2.71.